The van der Waals surface area contributed by atoms with Gasteiger partial charge in [-0.1, -0.05) is 12.1 Å². The molecule has 0 fully saturated rings. The molecule has 0 amide bonds. The van der Waals surface area contributed by atoms with Gasteiger partial charge in [-0.3, -0.25) is 4.79 Å². The van der Waals surface area contributed by atoms with E-state index in [0.29, 0.717) is 22.3 Å². The van der Waals surface area contributed by atoms with Gasteiger partial charge in [-0.2, -0.15) is 13.2 Å². The lowest BCUT2D eigenvalue weighted by Crippen LogP contribution is -2.48. The SMILES string of the molecule is Cc1cc2c(cc1C)C(O)(C(F)(F)F)c1cc(C)c(C)cc1C2=O. The Bertz CT molecular complexity index is 818. The molecule has 1 aliphatic rings. The molecule has 0 aromatic heterocycles. The number of benzene rings is 2. The zero-order valence-corrected chi connectivity index (χ0v) is 13.8. The Kier molecular flexibility index (Phi) is 3.43. The van der Waals surface area contributed by atoms with E-state index in [1.54, 1.807) is 27.7 Å². The summed E-state index contributed by atoms with van der Waals surface area (Å²) in [5, 5.41) is 10.8. The smallest absolute Gasteiger partial charge is 0.372 e. The normalized spacial score (nSPS) is 15.9. The van der Waals surface area contributed by atoms with Gasteiger partial charge in [-0.05, 0) is 62.1 Å². The average Bonchev–Trinajstić information content (AvgIpc) is 2.48. The molecule has 2 aromatic rings. The van der Waals surface area contributed by atoms with Gasteiger partial charge in [0, 0.05) is 22.3 Å². The maximum atomic E-state index is 13.9. The summed E-state index contributed by atoms with van der Waals surface area (Å²) < 4.78 is 41.7. The third-order valence-corrected chi connectivity index (χ3v) is 4.95. The first-order chi connectivity index (χ1) is 11.0. The van der Waals surface area contributed by atoms with Crippen LogP contribution in [0.3, 0.4) is 0 Å². The average molecular weight is 334 g/mol. The van der Waals surface area contributed by atoms with Gasteiger partial charge >= 0.3 is 6.18 Å². The number of hydrogen-bond acceptors (Lipinski definition) is 2. The molecule has 1 aliphatic carbocycles. The van der Waals surface area contributed by atoms with Gasteiger partial charge in [-0.15, -0.1) is 0 Å². The van der Waals surface area contributed by atoms with Crippen LogP contribution < -0.4 is 0 Å². The van der Waals surface area contributed by atoms with Crippen molar-refractivity contribution >= 4 is 5.78 Å². The van der Waals surface area contributed by atoms with Gasteiger partial charge in [0.05, 0.1) is 0 Å². The van der Waals surface area contributed by atoms with Crippen LogP contribution in [-0.4, -0.2) is 17.1 Å². The maximum Gasteiger partial charge on any atom is 0.425 e. The van der Waals surface area contributed by atoms with Gasteiger partial charge in [-0.25, -0.2) is 0 Å². The Balaban J connectivity index is 2.48. The Hall–Kier alpha value is -2.14. The van der Waals surface area contributed by atoms with Crippen LogP contribution in [0, 0.1) is 27.7 Å². The molecule has 1 N–H and O–H groups in total. The fourth-order valence-corrected chi connectivity index (χ4v) is 3.20. The van der Waals surface area contributed by atoms with E-state index in [0.717, 1.165) is 0 Å². The molecule has 126 valence electrons. The van der Waals surface area contributed by atoms with Crippen LogP contribution in [0.4, 0.5) is 13.2 Å². The molecule has 24 heavy (non-hydrogen) atoms. The van der Waals surface area contributed by atoms with Crippen molar-refractivity contribution in [1.29, 1.82) is 0 Å². The summed E-state index contributed by atoms with van der Waals surface area (Å²) in [7, 11) is 0. The number of hydrogen-bond donors (Lipinski definition) is 1. The van der Waals surface area contributed by atoms with Crippen LogP contribution in [0.5, 0.6) is 0 Å². The van der Waals surface area contributed by atoms with Gasteiger partial charge in [0.25, 0.3) is 0 Å². The lowest BCUT2D eigenvalue weighted by molar-refractivity contribution is -0.249. The second kappa shape index (κ2) is 4.93. The standard InChI is InChI=1S/C19H17F3O2/c1-9-5-13-15(7-11(9)3)18(24,19(20,21)22)16-8-12(4)10(2)6-14(16)17(13)23/h5-8,24H,1-4H3. The van der Waals surface area contributed by atoms with Crippen LogP contribution in [0.1, 0.15) is 49.3 Å². The lowest BCUT2D eigenvalue weighted by Gasteiger charge is -2.38. The van der Waals surface area contributed by atoms with Crippen LogP contribution in [-0.2, 0) is 5.60 Å². The molecule has 2 nitrogen and oxygen atoms in total. The Morgan fingerprint density at radius 1 is 0.792 bits per heavy atom. The van der Waals surface area contributed by atoms with Gasteiger partial charge in [0.15, 0.2) is 5.78 Å². The maximum absolute atomic E-state index is 13.9. The summed E-state index contributed by atoms with van der Waals surface area (Å²) in [5.41, 5.74) is -1.55. The van der Waals surface area contributed by atoms with Crippen molar-refractivity contribution in [2.45, 2.75) is 39.5 Å². The molecule has 0 saturated heterocycles. The number of ketones is 1. The zero-order valence-electron chi connectivity index (χ0n) is 13.8. The quantitative estimate of drug-likeness (QED) is 0.781. The first kappa shape index (κ1) is 16.7. The Morgan fingerprint density at radius 3 is 1.46 bits per heavy atom. The third-order valence-electron chi connectivity index (χ3n) is 4.95. The van der Waals surface area contributed by atoms with Crippen molar-refractivity contribution in [3.8, 4) is 0 Å². The van der Waals surface area contributed by atoms with E-state index in [2.05, 4.69) is 0 Å². The minimum Gasteiger partial charge on any atom is -0.372 e. The summed E-state index contributed by atoms with van der Waals surface area (Å²) in [5.74, 6) is -0.486. The van der Waals surface area contributed by atoms with Crippen molar-refractivity contribution in [2.24, 2.45) is 0 Å². The molecule has 2 aromatic carbocycles. The summed E-state index contributed by atoms with van der Waals surface area (Å²) in [4.78, 5) is 12.8. The van der Waals surface area contributed by atoms with Crippen molar-refractivity contribution in [3.63, 3.8) is 0 Å². The molecule has 3 rings (SSSR count). The molecule has 0 atom stereocenters. The molecular formula is C19H17F3O2. The number of aryl methyl sites for hydroxylation is 4. The van der Waals surface area contributed by atoms with Crippen LogP contribution in [0.2, 0.25) is 0 Å². The monoisotopic (exact) mass is 334 g/mol. The van der Waals surface area contributed by atoms with E-state index in [-0.39, 0.29) is 22.3 Å². The largest absolute Gasteiger partial charge is 0.425 e. The minimum atomic E-state index is -4.94. The van der Waals surface area contributed by atoms with E-state index >= 15 is 0 Å². The zero-order chi connectivity index (χ0) is 18.0. The molecule has 0 bridgehead atoms. The van der Waals surface area contributed by atoms with Gasteiger partial charge < -0.3 is 5.11 Å². The highest BCUT2D eigenvalue weighted by molar-refractivity contribution is 6.13. The van der Waals surface area contributed by atoms with Crippen molar-refractivity contribution < 1.29 is 23.1 Å². The highest BCUT2D eigenvalue weighted by Crippen LogP contribution is 2.50. The molecule has 5 heteroatoms. The molecule has 0 spiro atoms. The van der Waals surface area contributed by atoms with Crippen LogP contribution in [0.25, 0.3) is 0 Å². The number of halogens is 3. The van der Waals surface area contributed by atoms with E-state index in [9.17, 15) is 23.1 Å². The number of carbonyl (C=O) groups excluding carboxylic acids is 1. The van der Waals surface area contributed by atoms with Gasteiger partial charge in [0.1, 0.15) is 0 Å². The first-order valence-corrected chi connectivity index (χ1v) is 7.55. The topological polar surface area (TPSA) is 37.3 Å². The molecular weight excluding hydrogens is 317 g/mol. The fraction of sp³-hybridized carbons (Fsp3) is 0.316. The second-order valence-electron chi connectivity index (χ2n) is 6.50. The third kappa shape index (κ3) is 2.04. The molecule has 0 saturated carbocycles. The Morgan fingerprint density at radius 2 is 1.12 bits per heavy atom. The Labute approximate surface area is 137 Å². The highest BCUT2D eigenvalue weighted by atomic mass is 19.4. The number of rotatable bonds is 0. The fourth-order valence-electron chi connectivity index (χ4n) is 3.20. The highest BCUT2D eigenvalue weighted by Gasteiger charge is 2.60. The number of alkyl halides is 3. The van der Waals surface area contributed by atoms with Crippen molar-refractivity contribution in [2.75, 3.05) is 0 Å². The van der Waals surface area contributed by atoms with Crippen molar-refractivity contribution in [1.82, 2.24) is 0 Å². The molecule has 0 aliphatic heterocycles. The van der Waals surface area contributed by atoms with E-state index < -0.39 is 17.6 Å². The summed E-state index contributed by atoms with van der Waals surface area (Å²) >= 11 is 0. The van der Waals surface area contributed by atoms with E-state index in [1.807, 2.05) is 0 Å². The summed E-state index contributed by atoms with van der Waals surface area (Å²) in [6, 6.07) is 5.41. The summed E-state index contributed by atoms with van der Waals surface area (Å²) in [6.07, 6.45) is -4.94. The van der Waals surface area contributed by atoms with Crippen LogP contribution in [0.15, 0.2) is 24.3 Å². The minimum absolute atomic E-state index is 0.0892. The van der Waals surface area contributed by atoms with Gasteiger partial charge in [0.2, 0.25) is 5.60 Å². The summed E-state index contributed by atoms with van der Waals surface area (Å²) in [6.45, 7) is 6.77. The lowest BCUT2D eigenvalue weighted by atomic mass is 9.72. The second-order valence-corrected chi connectivity index (χ2v) is 6.50. The number of carbonyl (C=O) groups is 1. The first-order valence-electron chi connectivity index (χ1n) is 7.55. The van der Waals surface area contributed by atoms with Crippen molar-refractivity contribution in [3.05, 3.63) is 68.8 Å². The molecule has 0 heterocycles. The van der Waals surface area contributed by atoms with E-state index in [1.165, 1.54) is 24.3 Å². The van der Waals surface area contributed by atoms with Crippen LogP contribution >= 0.6 is 0 Å². The molecule has 0 unspecified atom stereocenters. The molecule has 0 radical (unpaired) electrons. The number of fused-ring (bicyclic) bond motifs is 2. The predicted molar refractivity (Wildman–Crippen MR) is 84.3 cm³/mol. The van der Waals surface area contributed by atoms with E-state index in [4.69, 9.17) is 0 Å². The number of aliphatic hydroxyl groups is 1. The predicted octanol–water partition coefficient (Wildman–Crippen LogP) is 4.26.